The smallest absolute Gasteiger partial charge is 0.253 e. The standard InChI is InChI=1S/C14H20N2O2/c1-10-4-5-13(15)12(7-10)14(17)16-8-11-3-2-6-18-9-11/h4-5,7,11H,2-3,6,8-9,15H2,1H3,(H,16,17). The number of nitrogen functional groups attached to an aromatic ring is 1. The average molecular weight is 248 g/mol. The monoisotopic (exact) mass is 248 g/mol. The Labute approximate surface area is 108 Å². The third-order valence-electron chi connectivity index (χ3n) is 3.26. The van der Waals surface area contributed by atoms with E-state index in [9.17, 15) is 4.79 Å². The van der Waals surface area contributed by atoms with Crippen LogP contribution in [0, 0.1) is 12.8 Å². The van der Waals surface area contributed by atoms with Crippen molar-refractivity contribution >= 4 is 11.6 Å². The molecule has 1 aromatic carbocycles. The molecule has 0 aliphatic carbocycles. The molecule has 1 atom stereocenters. The zero-order chi connectivity index (χ0) is 13.0. The van der Waals surface area contributed by atoms with Crippen molar-refractivity contribution in [3.05, 3.63) is 29.3 Å². The van der Waals surface area contributed by atoms with Gasteiger partial charge < -0.3 is 15.8 Å². The van der Waals surface area contributed by atoms with E-state index in [0.29, 0.717) is 23.7 Å². The number of hydrogen-bond donors (Lipinski definition) is 2. The van der Waals surface area contributed by atoms with E-state index in [0.717, 1.165) is 31.6 Å². The fraction of sp³-hybridized carbons (Fsp3) is 0.500. The molecular weight excluding hydrogens is 228 g/mol. The quantitative estimate of drug-likeness (QED) is 0.801. The molecule has 4 nitrogen and oxygen atoms in total. The fourth-order valence-electron chi connectivity index (χ4n) is 2.17. The van der Waals surface area contributed by atoms with Gasteiger partial charge in [-0.2, -0.15) is 0 Å². The van der Waals surface area contributed by atoms with Gasteiger partial charge in [0.1, 0.15) is 0 Å². The molecule has 1 amide bonds. The minimum absolute atomic E-state index is 0.0956. The number of aryl methyl sites for hydroxylation is 1. The first kappa shape index (κ1) is 12.9. The number of nitrogens with two attached hydrogens (primary N) is 1. The highest BCUT2D eigenvalue weighted by Crippen LogP contribution is 2.15. The number of amides is 1. The molecule has 0 radical (unpaired) electrons. The molecule has 18 heavy (non-hydrogen) atoms. The number of nitrogens with one attached hydrogen (secondary N) is 1. The van der Waals surface area contributed by atoms with Crippen LogP contribution in [0.25, 0.3) is 0 Å². The first-order chi connectivity index (χ1) is 8.66. The number of ether oxygens (including phenoxy) is 1. The van der Waals surface area contributed by atoms with Gasteiger partial charge in [-0.3, -0.25) is 4.79 Å². The molecule has 3 N–H and O–H groups in total. The van der Waals surface area contributed by atoms with Crippen LogP contribution in [0.1, 0.15) is 28.8 Å². The fourth-order valence-corrected chi connectivity index (χ4v) is 2.17. The van der Waals surface area contributed by atoms with Crippen LogP contribution in [-0.2, 0) is 4.74 Å². The van der Waals surface area contributed by atoms with Crippen LogP contribution in [-0.4, -0.2) is 25.7 Å². The highest BCUT2D eigenvalue weighted by atomic mass is 16.5. The third-order valence-corrected chi connectivity index (χ3v) is 3.26. The molecule has 1 heterocycles. The van der Waals surface area contributed by atoms with E-state index in [1.807, 2.05) is 19.1 Å². The Morgan fingerprint density at radius 1 is 1.56 bits per heavy atom. The molecule has 2 rings (SSSR count). The van der Waals surface area contributed by atoms with Gasteiger partial charge in [0, 0.05) is 18.8 Å². The van der Waals surface area contributed by atoms with Crippen LogP contribution in [0.5, 0.6) is 0 Å². The van der Waals surface area contributed by atoms with E-state index in [1.165, 1.54) is 0 Å². The first-order valence-electron chi connectivity index (χ1n) is 6.39. The summed E-state index contributed by atoms with van der Waals surface area (Å²) in [6.45, 7) is 4.19. The maximum Gasteiger partial charge on any atom is 0.253 e. The van der Waals surface area contributed by atoms with Crippen molar-refractivity contribution in [1.82, 2.24) is 5.32 Å². The molecule has 1 fully saturated rings. The number of benzene rings is 1. The van der Waals surface area contributed by atoms with Gasteiger partial charge in [0.15, 0.2) is 0 Å². The summed E-state index contributed by atoms with van der Waals surface area (Å²) in [4.78, 5) is 12.0. The summed E-state index contributed by atoms with van der Waals surface area (Å²) in [5.74, 6) is 0.329. The Balaban J connectivity index is 1.92. The van der Waals surface area contributed by atoms with Gasteiger partial charge in [-0.05, 0) is 37.8 Å². The van der Waals surface area contributed by atoms with Gasteiger partial charge in [0.05, 0.1) is 12.2 Å². The molecule has 98 valence electrons. The molecule has 1 aliphatic heterocycles. The Hall–Kier alpha value is -1.55. The summed E-state index contributed by atoms with van der Waals surface area (Å²) < 4.78 is 5.39. The predicted molar refractivity (Wildman–Crippen MR) is 71.5 cm³/mol. The Morgan fingerprint density at radius 3 is 3.11 bits per heavy atom. The average Bonchev–Trinajstić information content (AvgIpc) is 2.40. The zero-order valence-corrected chi connectivity index (χ0v) is 10.7. The van der Waals surface area contributed by atoms with Crippen LogP contribution >= 0.6 is 0 Å². The lowest BCUT2D eigenvalue weighted by atomic mass is 10.0. The molecule has 1 aliphatic rings. The second kappa shape index (κ2) is 5.87. The van der Waals surface area contributed by atoms with E-state index < -0.39 is 0 Å². The van der Waals surface area contributed by atoms with Crippen molar-refractivity contribution in [2.24, 2.45) is 5.92 Å². The first-order valence-corrected chi connectivity index (χ1v) is 6.39. The number of carbonyl (C=O) groups is 1. The Kier molecular flexibility index (Phi) is 4.20. The second-order valence-corrected chi connectivity index (χ2v) is 4.88. The molecule has 0 spiro atoms. The molecular formula is C14H20N2O2. The minimum atomic E-state index is -0.0956. The van der Waals surface area contributed by atoms with E-state index in [2.05, 4.69) is 5.32 Å². The molecule has 0 saturated carbocycles. The number of hydrogen-bond acceptors (Lipinski definition) is 3. The van der Waals surface area contributed by atoms with Crippen molar-refractivity contribution in [3.8, 4) is 0 Å². The largest absolute Gasteiger partial charge is 0.398 e. The summed E-state index contributed by atoms with van der Waals surface area (Å²) in [6.07, 6.45) is 2.19. The van der Waals surface area contributed by atoms with E-state index in [-0.39, 0.29) is 5.91 Å². The molecule has 1 unspecified atom stereocenters. The minimum Gasteiger partial charge on any atom is -0.398 e. The molecule has 0 aromatic heterocycles. The predicted octanol–water partition coefficient (Wildman–Crippen LogP) is 1.73. The van der Waals surface area contributed by atoms with Crippen molar-refractivity contribution in [1.29, 1.82) is 0 Å². The lowest BCUT2D eigenvalue weighted by molar-refractivity contribution is 0.0536. The lowest BCUT2D eigenvalue weighted by Gasteiger charge is -2.22. The van der Waals surface area contributed by atoms with Gasteiger partial charge in [-0.1, -0.05) is 11.6 Å². The summed E-state index contributed by atoms with van der Waals surface area (Å²) in [5, 5.41) is 2.94. The van der Waals surface area contributed by atoms with Crippen molar-refractivity contribution in [3.63, 3.8) is 0 Å². The van der Waals surface area contributed by atoms with Crippen LogP contribution < -0.4 is 11.1 Å². The Bertz CT molecular complexity index is 426. The molecule has 4 heteroatoms. The second-order valence-electron chi connectivity index (χ2n) is 4.88. The van der Waals surface area contributed by atoms with Crippen LogP contribution in [0.3, 0.4) is 0 Å². The highest BCUT2D eigenvalue weighted by Gasteiger charge is 2.16. The van der Waals surface area contributed by atoms with E-state index in [4.69, 9.17) is 10.5 Å². The summed E-state index contributed by atoms with van der Waals surface area (Å²) in [7, 11) is 0. The van der Waals surface area contributed by atoms with Gasteiger partial charge in [0.25, 0.3) is 5.91 Å². The maximum absolute atomic E-state index is 12.0. The topological polar surface area (TPSA) is 64.4 Å². The van der Waals surface area contributed by atoms with Crippen LogP contribution in [0.15, 0.2) is 18.2 Å². The van der Waals surface area contributed by atoms with Crippen molar-refractivity contribution in [2.75, 3.05) is 25.5 Å². The SMILES string of the molecule is Cc1ccc(N)c(C(=O)NCC2CCCOC2)c1. The van der Waals surface area contributed by atoms with E-state index >= 15 is 0 Å². The number of carbonyl (C=O) groups excluding carboxylic acids is 1. The molecule has 1 saturated heterocycles. The number of rotatable bonds is 3. The van der Waals surface area contributed by atoms with Crippen molar-refractivity contribution < 1.29 is 9.53 Å². The lowest BCUT2D eigenvalue weighted by Crippen LogP contribution is -2.33. The van der Waals surface area contributed by atoms with Gasteiger partial charge in [-0.25, -0.2) is 0 Å². The van der Waals surface area contributed by atoms with Gasteiger partial charge >= 0.3 is 0 Å². The van der Waals surface area contributed by atoms with Gasteiger partial charge in [-0.15, -0.1) is 0 Å². The normalized spacial score (nSPS) is 19.5. The Morgan fingerprint density at radius 2 is 2.39 bits per heavy atom. The molecule has 0 bridgehead atoms. The summed E-state index contributed by atoms with van der Waals surface area (Å²) in [6, 6.07) is 5.50. The third kappa shape index (κ3) is 3.23. The number of anilines is 1. The summed E-state index contributed by atoms with van der Waals surface area (Å²) in [5.41, 5.74) is 7.94. The summed E-state index contributed by atoms with van der Waals surface area (Å²) >= 11 is 0. The molecule has 1 aromatic rings. The van der Waals surface area contributed by atoms with E-state index in [1.54, 1.807) is 6.07 Å². The highest BCUT2D eigenvalue weighted by molar-refractivity contribution is 5.99. The zero-order valence-electron chi connectivity index (χ0n) is 10.7. The maximum atomic E-state index is 12.0. The van der Waals surface area contributed by atoms with Crippen molar-refractivity contribution in [2.45, 2.75) is 19.8 Å². The van der Waals surface area contributed by atoms with Crippen LogP contribution in [0.4, 0.5) is 5.69 Å². The van der Waals surface area contributed by atoms with Crippen LogP contribution in [0.2, 0.25) is 0 Å². The van der Waals surface area contributed by atoms with Gasteiger partial charge in [0.2, 0.25) is 0 Å².